The normalized spacial score (nSPS) is 10.4. The van der Waals surface area contributed by atoms with Crippen molar-refractivity contribution in [3.63, 3.8) is 0 Å². The lowest BCUT2D eigenvalue weighted by Gasteiger charge is -2.11. The Hall–Kier alpha value is -3.40. The number of esters is 1. The minimum absolute atomic E-state index is 0.0684. The van der Waals surface area contributed by atoms with Crippen LogP contribution in [0.2, 0.25) is 0 Å². The molecule has 0 aliphatic heterocycles. The molecule has 0 spiro atoms. The lowest BCUT2D eigenvalue weighted by Crippen LogP contribution is -2.18. The number of ketones is 1. The quantitative estimate of drug-likeness (QED) is 0.339. The summed E-state index contributed by atoms with van der Waals surface area (Å²) in [5.41, 5.74) is 2.92. The molecule has 3 aromatic carbocycles. The highest BCUT2D eigenvalue weighted by Crippen LogP contribution is 2.22. The molecular formula is C24H22O4. The highest BCUT2D eigenvalue weighted by molar-refractivity contribution is 6.09. The van der Waals surface area contributed by atoms with Crippen LogP contribution in [0.4, 0.5) is 0 Å². The van der Waals surface area contributed by atoms with Gasteiger partial charge in [-0.15, -0.1) is 0 Å². The molecule has 0 N–H and O–H groups in total. The van der Waals surface area contributed by atoms with E-state index in [1.807, 2.05) is 49.4 Å². The fraction of sp³-hybridized carbons (Fsp3) is 0.167. The zero-order valence-electron chi connectivity index (χ0n) is 16.0. The van der Waals surface area contributed by atoms with E-state index in [2.05, 4.69) is 0 Å². The van der Waals surface area contributed by atoms with Gasteiger partial charge in [-0.25, -0.2) is 4.79 Å². The van der Waals surface area contributed by atoms with Gasteiger partial charge < -0.3 is 9.47 Å². The van der Waals surface area contributed by atoms with Crippen LogP contribution in [0.3, 0.4) is 0 Å². The maximum atomic E-state index is 12.5. The average Bonchev–Trinajstić information content (AvgIpc) is 2.74. The van der Waals surface area contributed by atoms with Crippen molar-refractivity contribution < 1.29 is 19.1 Å². The van der Waals surface area contributed by atoms with Crippen LogP contribution in [0, 0.1) is 6.92 Å². The summed E-state index contributed by atoms with van der Waals surface area (Å²) in [6.45, 7) is 3.65. The van der Waals surface area contributed by atoms with E-state index in [1.54, 1.807) is 37.3 Å². The summed E-state index contributed by atoms with van der Waals surface area (Å²) in [5, 5.41) is 0. The zero-order chi connectivity index (χ0) is 19.9. The van der Waals surface area contributed by atoms with Crippen molar-refractivity contribution in [3.8, 4) is 11.5 Å². The molecule has 142 valence electrons. The van der Waals surface area contributed by atoms with Crippen molar-refractivity contribution in [2.75, 3.05) is 6.61 Å². The third kappa shape index (κ3) is 4.65. The largest absolute Gasteiger partial charge is 0.482 e. The fourth-order valence-corrected chi connectivity index (χ4v) is 2.89. The van der Waals surface area contributed by atoms with Crippen LogP contribution in [0.1, 0.15) is 34.0 Å². The molecule has 0 bridgehead atoms. The zero-order valence-corrected chi connectivity index (χ0v) is 16.0. The van der Waals surface area contributed by atoms with Gasteiger partial charge in [0.25, 0.3) is 0 Å². The van der Waals surface area contributed by atoms with E-state index >= 15 is 0 Å². The summed E-state index contributed by atoms with van der Waals surface area (Å²) in [7, 11) is 0. The summed E-state index contributed by atoms with van der Waals surface area (Å²) in [4.78, 5) is 24.7. The topological polar surface area (TPSA) is 52.6 Å². The molecule has 3 rings (SSSR count). The van der Waals surface area contributed by atoms with E-state index in [0.29, 0.717) is 28.2 Å². The van der Waals surface area contributed by atoms with Gasteiger partial charge in [0.05, 0.1) is 0 Å². The Kier molecular flexibility index (Phi) is 6.22. The number of carbonyl (C=O) groups excluding carboxylic acids is 2. The molecular weight excluding hydrogens is 352 g/mol. The lowest BCUT2D eigenvalue weighted by atomic mass is 10.0. The molecule has 0 aliphatic rings. The first-order valence-electron chi connectivity index (χ1n) is 9.20. The van der Waals surface area contributed by atoms with Crippen molar-refractivity contribution in [1.29, 1.82) is 0 Å². The van der Waals surface area contributed by atoms with Gasteiger partial charge in [-0.05, 0) is 48.7 Å². The molecule has 0 aromatic heterocycles. The minimum Gasteiger partial charge on any atom is -0.482 e. The van der Waals surface area contributed by atoms with Gasteiger partial charge in [0.2, 0.25) is 0 Å². The number of aryl methyl sites for hydroxylation is 2. The smallest absolute Gasteiger partial charge is 0.349 e. The van der Waals surface area contributed by atoms with Crippen molar-refractivity contribution >= 4 is 11.8 Å². The Bertz CT molecular complexity index is 977. The van der Waals surface area contributed by atoms with Crippen LogP contribution in [-0.4, -0.2) is 18.4 Å². The van der Waals surface area contributed by atoms with Crippen molar-refractivity contribution in [2.24, 2.45) is 0 Å². The Morgan fingerprint density at radius 1 is 0.821 bits per heavy atom. The Morgan fingerprint density at radius 2 is 1.54 bits per heavy atom. The molecule has 0 saturated carbocycles. The van der Waals surface area contributed by atoms with Crippen LogP contribution in [0.25, 0.3) is 0 Å². The second-order valence-electron chi connectivity index (χ2n) is 6.40. The average molecular weight is 374 g/mol. The van der Waals surface area contributed by atoms with Gasteiger partial charge in [0.15, 0.2) is 12.4 Å². The predicted molar refractivity (Wildman–Crippen MR) is 108 cm³/mol. The maximum absolute atomic E-state index is 12.5. The molecule has 3 aromatic rings. The number of benzene rings is 3. The molecule has 0 atom stereocenters. The van der Waals surface area contributed by atoms with Crippen LogP contribution < -0.4 is 9.47 Å². The standard InChI is InChI=1S/C24H22O4/c1-3-18-9-7-8-12-22(18)27-16-23(25)28-21-14-13-20(15-17(21)2)24(26)19-10-5-4-6-11-19/h4-15H,3,16H2,1-2H3. The van der Waals surface area contributed by atoms with Gasteiger partial charge in [0, 0.05) is 11.1 Å². The van der Waals surface area contributed by atoms with E-state index < -0.39 is 5.97 Å². The van der Waals surface area contributed by atoms with E-state index in [4.69, 9.17) is 9.47 Å². The number of hydrogen-bond acceptors (Lipinski definition) is 4. The summed E-state index contributed by atoms with van der Waals surface area (Å²) < 4.78 is 11.0. The Morgan fingerprint density at radius 3 is 2.25 bits per heavy atom. The minimum atomic E-state index is -0.490. The predicted octanol–water partition coefficient (Wildman–Crippen LogP) is 4.77. The number of para-hydroxylation sites is 1. The first-order valence-corrected chi connectivity index (χ1v) is 9.20. The monoisotopic (exact) mass is 374 g/mol. The number of ether oxygens (including phenoxy) is 2. The molecule has 4 heteroatoms. The fourth-order valence-electron chi connectivity index (χ4n) is 2.89. The first-order chi connectivity index (χ1) is 13.6. The van der Waals surface area contributed by atoms with Gasteiger partial charge in [-0.1, -0.05) is 55.5 Å². The number of hydrogen-bond donors (Lipinski definition) is 0. The number of carbonyl (C=O) groups is 2. The molecule has 4 nitrogen and oxygen atoms in total. The highest BCUT2D eigenvalue weighted by atomic mass is 16.6. The second-order valence-corrected chi connectivity index (χ2v) is 6.40. The van der Waals surface area contributed by atoms with Crippen LogP contribution in [0.15, 0.2) is 72.8 Å². The summed E-state index contributed by atoms with van der Waals surface area (Å²) in [6, 6.07) is 21.7. The summed E-state index contributed by atoms with van der Waals surface area (Å²) >= 11 is 0. The molecule has 0 saturated heterocycles. The van der Waals surface area contributed by atoms with Gasteiger partial charge in [-0.2, -0.15) is 0 Å². The van der Waals surface area contributed by atoms with Crippen LogP contribution >= 0.6 is 0 Å². The van der Waals surface area contributed by atoms with Crippen molar-refractivity contribution in [2.45, 2.75) is 20.3 Å². The summed E-state index contributed by atoms with van der Waals surface area (Å²) in [6.07, 6.45) is 0.821. The van der Waals surface area contributed by atoms with Gasteiger partial charge in [0.1, 0.15) is 11.5 Å². The van der Waals surface area contributed by atoms with Crippen molar-refractivity contribution in [1.82, 2.24) is 0 Å². The third-order valence-electron chi connectivity index (χ3n) is 4.40. The Balaban J connectivity index is 1.64. The van der Waals surface area contributed by atoms with Crippen LogP contribution in [-0.2, 0) is 11.2 Å². The Labute approximate surface area is 164 Å². The SMILES string of the molecule is CCc1ccccc1OCC(=O)Oc1ccc(C(=O)c2ccccc2)cc1C. The van der Waals surface area contributed by atoms with E-state index in [-0.39, 0.29) is 12.4 Å². The third-order valence-corrected chi connectivity index (χ3v) is 4.40. The van der Waals surface area contributed by atoms with E-state index in [1.165, 1.54) is 0 Å². The molecule has 0 radical (unpaired) electrons. The lowest BCUT2D eigenvalue weighted by molar-refractivity contribution is -0.136. The summed E-state index contributed by atoms with van der Waals surface area (Å²) in [5.74, 6) is 0.543. The van der Waals surface area contributed by atoms with E-state index in [9.17, 15) is 9.59 Å². The molecule has 28 heavy (non-hydrogen) atoms. The molecule has 0 aliphatic carbocycles. The molecule has 0 heterocycles. The maximum Gasteiger partial charge on any atom is 0.349 e. The van der Waals surface area contributed by atoms with E-state index in [0.717, 1.165) is 12.0 Å². The van der Waals surface area contributed by atoms with Crippen LogP contribution in [0.5, 0.6) is 11.5 Å². The number of rotatable bonds is 7. The molecule has 0 fully saturated rings. The highest BCUT2D eigenvalue weighted by Gasteiger charge is 2.13. The first kappa shape index (κ1) is 19.4. The van der Waals surface area contributed by atoms with Gasteiger partial charge >= 0.3 is 5.97 Å². The molecule has 0 amide bonds. The molecule has 0 unspecified atom stereocenters. The van der Waals surface area contributed by atoms with Gasteiger partial charge in [-0.3, -0.25) is 4.79 Å². The van der Waals surface area contributed by atoms with Crippen molar-refractivity contribution in [3.05, 3.63) is 95.1 Å². The second kappa shape index (κ2) is 9.00.